The normalized spacial score (nSPS) is 16.5. The van der Waals surface area contributed by atoms with Crippen LogP contribution in [0.15, 0.2) is 60.9 Å². The van der Waals surface area contributed by atoms with E-state index < -0.39 is 15.3 Å². The number of nitrogens with one attached hydrogen (secondary N) is 1. The molecule has 0 aliphatic heterocycles. The molecule has 0 saturated heterocycles. The Balaban J connectivity index is 1.53. The predicted octanol–water partition coefficient (Wildman–Crippen LogP) is 3.39. The minimum absolute atomic E-state index is 0.0520. The lowest BCUT2D eigenvalue weighted by Crippen LogP contribution is -2.39. The van der Waals surface area contributed by atoms with E-state index in [9.17, 15) is 8.42 Å². The molecule has 0 fully saturated rings. The van der Waals surface area contributed by atoms with E-state index in [1.807, 2.05) is 16.9 Å². The van der Waals surface area contributed by atoms with Gasteiger partial charge in [0.15, 0.2) is 0 Å². The largest absolute Gasteiger partial charge is 0.268 e. The number of hydrogen-bond donors (Lipinski definition) is 1. The van der Waals surface area contributed by atoms with Gasteiger partial charge >= 0.3 is 0 Å². The zero-order chi connectivity index (χ0) is 19.7. The highest BCUT2D eigenvalue weighted by Gasteiger charge is 2.27. The molecule has 1 unspecified atom stereocenters. The molecule has 1 aliphatic carbocycles. The number of sulfonamides is 1. The van der Waals surface area contributed by atoms with Gasteiger partial charge < -0.3 is 0 Å². The monoisotopic (exact) mass is 395 g/mol. The van der Waals surface area contributed by atoms with E-state index in [0.717, 1.165) is 24.9 Å². The standard InChI is InChI=1S/C22H25N3O2S/c1-16(2)28(26,27)24-22-13-20-8-7-19(12-21(20)14-22)18-6-3-5-17(11-18)15-25-10-4-9-23-25/h3-12,16,22,24H,13-15H2,1-2H3. The fourth-order valence-corrected chi connectivity index (χ4v) is 4.58. The summed E-state index contributed by atoms with van der Waals surface area (Å²) in [5, 5.41) is 3.86. The van der Waals surface area contributed by atoms with Crippen molar-refractivity contribution in [1.82, 2.24) is 14.5 Å². The van der Waals surface area contributed by atoms with Crippen molar-refractivity contribution in [2.75, 3.05) is 0 Å². The Kier molecular flexibility index (Phi) is 5.08. The summed E-state index contributed by atoms with van der Waals surface area (Å²) in [5.74, 6) is 0. The number of benzene rings is 2. The van der Waals surface area contributed by atoms with Crippen molar-refractivity contribution in [2.45, 2.75) is 44.5 Å². The second kappa shape index (κ2) is 7.53. The molecular formula is C22H25N3O2S. The second-order valence-corrected chi connectivity index (χ2v) is 9.97. The molecule has 4 rings (SSSR count). The number of hydrogen-bond acceptors (Lipinski definition) is 3. The number of aromatic nitrogens is 2. The summed E-state index contributed by atoms with van der Waals surface area (Å²) in [6.45, 7) is 4.16. The Morgan fingerprint density at radius 2 is 1.86 bits per heavy atom. The van der Waals surface area contributed by atoms with Gasteiger partial charge in [-0.25, -0.2) is 13.1 Å². The second-order valence-electron chi connectivity index (χ2n) is 7.70. The smallest absolute Gasteiger partial charge is 0.214 e. The molecule has 1 aromatic heterocycles. The Hall–Kier alpha value is -2.44. The maximum atomic E-state index is 12.2. The van der Waals surface area contributed by atoms with Crippen molar-refractivity contribution in [3.8, 4) is 11.1 Å². The number of nitrogens with zero attached hydrogens (tertiary/aromatic N) is 2. The third-order valence-corrected chi connectivity index (χ3v) is 7.16. The van der Waals surface area contributed by atoms with E-state index in [1.54, 1.807) is 20.0 Å². The van der Waals surface area contributed by atoms with Crippen molar-refractivity contribution in [2.24, 2.45) is 0 Å². The van der Waals surface area contributed by atoms with Crippen molar-refractivity contribution < 1.29 is 8.42 Å². The van der Waals surface area contributed by atoms with Gasteiger partial charge in [0, 0.05) is 18.4 Å². The Morgan fingerprint density at radius 3 is 2.61 bits per heavy atom. The lowest BCUT2D eigenvalue weighted by molar-refractivity contribution is 0.547. The molecule has 5 nitrogen and oxygen atoms in total. The first-order chi connectivity index (χ1) is 13.4. The molecule has 0 radical (unpaired) electrons. The fraction of sp³-hybridized carbons (Fsp3) is 0.318. The Labute approximate surface area is 166 Å². The van der Waals surface area contributed by atoms with Crippen LogP contribution in [-0.4, -0.2) is 29.5 Å². The van der Waals surface area contributed by atoms with Gasteiger partial charge in [-0.15, -0.1) is 0 Å². The molecule has 1 aliphatic rings. The van der Waals surface area contributed by atoms with Gasteiger partial charge in [0.1, 0.15) is 0 Å². The van der Waals surface area contributed by atoms with Crippen LogP contribution >= 0.6 is 0 Å². The summed E-state index contributed by atoms with van der Waals surface area (Å²) in [7, 11) is -3.25. The summed E-state index contributed by atoms with van der Waals surface area (Å²) in [6, 6.07) is 16.8. The molecule has 0 spiro atoms. The summed E-state index contributed by atoms with van der Waals surface area (Å²) in [5.41, 5.74) is 5.98. The number of rotatable bonds is 6. The SMILES string of the molecule is CC(C)S(=O)(=O)NC1Cc2ccc(-c3cccc(Cn4cccn4)c3)cc2C1. The van der Waals surface area contributed by atoms with Crippen molar-refractivity contribution in [3.63, 3.8) is 0 Å². The first-order valence-corrected chi connectivity index (χ1v) is 11.1. The van der Waals surface area contributed by atoms with Gasteiger partial charge in [0.2, 0.25) is 10.0 Å². The topological polar surface area (TPSA) is 64.0 Å². The van der Waals surface area contributed by atoms with E-state index in [1.165, 1.54) is 22.3 Å². The van der Waals surface area contributed by atoms with Crippen LogP contribution in [0.1, 0.15) is 30.5 Å². The van der Waals surface area contributed by atoms with Crippen molar-refractivity contribution >= 4 is 10.0 Å². The molecule has 146 valence electrons. The molecule has 6 heteroatoms. The van der Waals surface area contributed by atoms with E-state index in [2.05, 4.69) is 52.3 Å². The molecule has 28 heavy (non-hydrogen) atoms. The van der Waals surface area contributed by atoms with Crippen LogP contribution in [0.25, 0.3) is 11.1 Å². The maximum Gasteiger partial charge on any atom is 0.214 e. The third-order valence-electron chi connectivity index (χ3n) is 5.25. The van der Waals surface area contributed by atoms with Gasteiger partial charge in [-0.05, 0) is 66.6 Å². The Bertz CT molecular complexity index is 1070. The van der Waals surface area contributed by atoms with Crippen LogP contribution in [0.2, 0.25) is 0 Å². The highest BCUT2D eigenvalue weighted by Crippen LogP contribution is 2.29. The van der Waals surface area contributed by atoms with Crippen LogP contribution in [0.5, 0.6) is 0 Å². The zero-order valence-electron chi connectivity index (χ0n) is 16.2. The van der Waals surface area contributed by atoms with Gasteiger partial charge in [0.05, 0.1) is 11.8 Å². The van der Waals surface area contributed by atoms with Crippen LogP contribution < -0.4 is 4.72 Å². The Morgan fingerprint density at radius 1 is 1.07 bits per heavy atom. The van der Waals surface area contributed by atoms with Crippen molar-refractivity contribution in [1.29, 1.82) is 0 Å². The van der Waals surface area contributed by atoms with Crippen molar-refractivity contribution in [3.05, 3.63) is 77.6 Å². The summed E-state index contributed by atoms with van der Waals surface area (Å²) < 4.78 is 29.1. The van der Waals surface area contributed by atoms with Gasteiger partial charge in [-0.2, -0.15) is 5.10 Å². The van der Waals surface area contributed by atoms with Crippen LogP contribution in [-0.2, 0) is 29.4 Å². The molecular weight excluding hydrogens is 370 g/mol. The highest BCUT2D eigenvalue weighted by molar-refractivity contribution is 7.90. The fourth-order valence-electron chi connectivity index (χ4n) is 3.68. The van der Waals surface area contributed by atoms with E-state index >= 15 is 0 Å². The van der Waals surface area contributed by atoms with Crippen LogP contribution in [0.3, 0.4) is 0 Å². The van der Waals surface area contributed by atoms with E-state index in [4.69, 9.17) is 0 Å². The van der Waals surface area contributed by atoms with Crippen LogP contribution in [0, 0.1) is 0 Å². The summed E-state index contributed by atoms with van der Waals surface area (Å²) in [6.07, 6.45) is 5.23. The first kappa shape index (κ1) is 18.9. The minimum Gasteiger partial charge on any atom is -0.268 e. The quantitative estimate of drug-likeness (QED) is 0.696. The molecule has 0 bridgehead atoms. The molecule has 1 N–H and O–H groups in total. The maximum absolute atomic E-state index is 12.2. The molecule has 0 amide bonds. The van der Waals surface area contributed by atoms with E-state index in [-0.39, 0.29) is 6.04 Å². The molecule has 1 heterocycles. The van der Waals surface area contributed by atoms with E-state index in [0.29, 0.717) is 0 Å². The van der Waals surface area contributed by atoms with Crippen LogP contribution in [0.4, 0.5) is 0 Å². The average molecular weight is 396 g/mol. The van der Waals surface area contributed by atoms with Gasteiger partial charge in [-0.3, -0.25) is 4.68 Å². The van der Waals surface area contributed by atoms with Gasteiger partial charge in [0.25, 0.3) is 0 Å². The predicted molar refractivity (Wildman–Crippen MR) is 112 cm³/mol. The molecule has 1 atom stereocenters. The molecule has 3 aromatic rings. The molecule has 0 saturated carbocycles. The highest BCUT2D eigenvalue weighted by atomic mass is 32.2. The zero-order valence-corrected chi connectivity index (χ0v) is 17.0. The first-order valence-electron chi connectivity index (χ1n) is 9.60. The lowest BCUT2D eigenvalue weighted by atomic mass is 9.99. The van der Waals surface area contributed by atoms with Gasteiger partial charge in [-0.1, -0.05) is 36.4 Å². The summed E-state index contributed by atoms with van der Waals surface area (Å²) >= 11 is 0. The lowest BCUT2D eigenvalue weighted by Gasteiger charge is -2.14. The molecule has 2 aromatic carbocycles. The third kappa shape index (κ3) is 4.03. The average Bonchev–Trinajstić information content (AvgIpc) is 3.29. The summed E-state index contributed by atoms with van der Waals surface area (Å²) in [4.78, 5) is 0. The number of fused-ring (bicyclic) bond motifs is 1. The minimum atomic E-state index is -3.25.